The quantitative estimate of drug-likeness (QED) is 0.0161. The van der Waals surface area contributed by atoms with Crippen LogP contribution in [0.15, 0.2) is 170 Å². The molecule has 6 unspecified atom stereocenters. The summed E-state index contributed by atoms with van der Waals surface area (Å²) in [5.74, 6) is 5.80. The van der Waals surface area contributed by atoms with Crippen LogP contribution in [-0.4, -0.2) is 110 Å². The van der Waals surface area contributed by atoms with E-state index in [1.165, 1.54) is 64.2 Å². The fourth-order valence-corrected chi connectivity index (χ4v) is 16.8. The van der Waals surface area contributed by atoms with Crippen molar-refractivity contribution < 1.29 is 87.9 Å². The maximum atomic E-state index is 13.1. The van der Waals surface area contributed by atoms with Crippen molar-refractivity contribution in [3.8, 4) is 40.2 Å². The van der Waals surface area contributed by atoms with Gasteiger partial charge >= 0.3 is 0 Å². The van der Waals surface area contributed by atoms with Crippen molar-refractivity contribution in [3.63, 3.8) is 0 Å². The lowest BCUT2D eigenvalue weighted by Gasteiger charge is -2.28. The van der Waals surface area contributed by atoms with E-state index in [0.717, 1.165) is 260 Å². The molecule has 0 amide bonds. The highest BCUT2D eigenvalue weighted by molar-refractivity contribution is 5.35. The number of rotatable bonds is 50. The molecule has 16 nitrogen and oxygen atoms in total. The normalized spacial score (nSPS) is 17.0. The minimum atomic E-state index is -2.49. The molecule has 11 rings (SSSR count). The van der Waals surface area contributed by atoms with Crippen LogP contribution in [-0.2, 0) is 0 Å². The molecule has 9 N–H and O–H groups in total. The first kappa shape index (κ1) is 115. The van der Waals surface area contributed by atoms with Gasteiger partial charge in [0.25, 0.3) is 0 Å². The molecule has 4 aliphatic carbocycles. The number of unbranched alkanes of at least 4 members (excludes halogenated alkanes) is 2. The van der Waals surface area contributed by atoms with Gasteiger partial charge in [-0.05, 0) is 263 Å². The minimum Gasteiger partial charge on any atom is -0.494 e. The molecular formula is C114H176F2O16. The van der Waals surface area contributed by atoms with E-state index in [2.05, 4.69) is 76.2 Å². The van der Waals surface area contributed by atoms with Gasteiger partial charge in [-0.3, -0.25) is 0 Å². The van der Waals surface area contributed by atoms with E-state index in [-0.39, 0.29) is 55.2 Å². The number of halogens is 2. The van der Waals surface area contributed by atoms with Gasteiger partial charge in [0.1, 0.15) is 46.9 Å². The molecule has 4 aliphatic rings. The Labute approximate surface area is 795 Å². The first-order valence-corrected chi connectivity index (χ1v) is 51.5. The second-order valence-corrected chi connectivity index (χ2v) is 37.3. The van der Waals surface area contributed by atoms with Gasteiger partial charge in [-0.15, -0.1) is 0 Å². The summed E-state index contributed by atoms with van der Waals surface area (Å²) in [5.41, 5.74) is 5.75. The second-order valence-electron chi connectivity index (χ2n) is 37.3. The molecule has 742 valence electrons. The van der Waals surface area contributed by atoms with Crippen LogP contribution in [0, 0.1) is 29.6 Å². The monoisotopic (exact) mass is 1840 g/mol. The van der Waals surface area contributed by atoms with Gasteiger partial charge in [0.05, 0.1) is 94.1 Å². The summed E-state index contributed by atoms with van der Waals surface area (Å²) in [4.78, 5) is 0. The Morgan fingerprint density at radius 3 is 0.886 bits per heavy atom. The molecule has 132 heavy (non-hydrogen) atoms. The molecule has 0 radical (unpaired) electrons. The number of hydrogen-bond donors (Lipinski definition) is 9. The van der Waals surface area contributed by atoms with E-state index in [1.807, 2.05) is 177 Å². The van der Waals surface area contributed by atoms with Crippen LogP contribution in [0.1, 0.15) is 409 Å². The van der Waals surface area contributed by atoms with Crippen molar-refractivity contribution in [2.24, 2.45) is 29.6 Å². The van der Waals surface area contributed by atoms with Crippen LogP contribution in [0.4, 0.5) is 8.78 Å². The van der Waals surface area contributed by atoms with Gasteiger partial charge in [-0.25, -0.2) is 8.78 Å². The van der Waals surface area contributed by atoms with Crippen LogP contribution < -0.4 is 33.2 Å². The smallest absolute Gasteiger partial charge is 0.248 e. The molecule has 7 aromatic carbocycles. The molecule has 0 spiro atoms. The summed E-state index contributed by atoms with van der Waals surface area (Å²) in [7, 11) is 0. The van der Waals surface area contributed by atoms with E-state index in [9.17, 15) is 54.7 Å². The third-order valence-corrected chi connectivity index (χ3v) is 25.6. The maximum absolute atomic E-state index is 13.1. The summed E-state index contributed by atoms with van der Waals surface area (Å²) in [5, 5.41) is 90.3. The van der Waals surface area contributed by atoms with Crippen LogP contribution in [0.5, 0.6) is 40.2 Å². The largest absolute Gasteiger partial charge is 0.494 e. The number of hydrogen-bond acceptors (Lipinski definition) is 16. The van der Waals surface area contributed by atoms with E-state index >= 15 is 0 Å². The predicted octanol–water partition coefficient (Wildman–Crippen LogP) is 28.6. The predicted molar refractivity (Wildman–Crippen MR) is 535 cm³/mol. The molecule has 0 heterocycles. The summed E-state index contributed by atoms with van der Waals surface area (Å²) in [6.07, 6.45) is 32.9. The zero-order valence-corrected chi connectivity index (χ0v) is 83.1. The highest BCUT2D eigenvalue weighted by atomic mass is 19.3. The second kappa shape index (κ2) is 67.8. The van der Waals surface area contributed by atoms with Crippen molar-refractivity contribution in [1.29, 1.82) is 0 Å². The zero-order chi connectivity index (χ0) is 96.2. The molecular weight excluding hydrogens is 1660 g/mol. The lowest BCUT2D eigenvalue weighted by molar-refractivity contribution is -0.0498. The van der Waals surface area contributed by atoms with Gasteiger partial charge in [-0.1, -0.05) is 284 Å². The zero-order valence-electron chi connectivity index (χ0n) is 83.1. The van der Waals surface area contributed by atoms with Gasteiger partial charge in [0.15, 0.2) is 0 Å². The van der Waals surface area contributed by atoms with Gasteiger partial charge < -0.3 is 79.1 Å². The first-order chi connectivity index (χ1) is 63.8. The topological polar surface area (TPSA) is 247 Å². The molecule has 0 saturated heterocycles. The van der Waals surface area contributed by atoms with Gasteiger partial charge in [0.2, 0.25) is 5.92 Å². The molecule has 9 atom stereocenters. The van der Waals surface area contributed by atoms with E-state index in [1.54, 1.807) is 0 Å². The Bertz CT molecular complexity index is 3960. The van der Waals surface area contributed by atoms with Crippen molar-refractivity contribution in [2.75, 3.05) is 46.2 Å². The SMILES string of the molecule is CCCC(O)c1cccc(OCC(CC)CC)c1.CCCC(O)c1cccc(OCC(O)(CCC)CCC)c1.CCCC(O)c1cccc(OCC2CCC(F)(F)CC2)c1.CCCC(O)c1cccc(OCC2CCC2)c1.CCCC(O)c1cccc(OCC2CCCC2)c1.CCCCCOc1cccc(C(O)CCC)c1.CCC[C@@H](O)c1cccc(OC[C@H]2CCCC[C@H]2O)c1. The Morgan fingerprint density at radius 1 is 0.318 bits per heavy atom. The molecule has 18 heteroatoms. The Morgan fingerprint density at radius 2 is 0.598 bits per heavy atom. The highest BCUT2D eigenvalue weighted by Crippen LogP contribution is 2.38. The Balaban J connectivity index is 0.000000273. The van der Waals surface area contributed by atoms with Gasteiger partial charge in [0, 0.05) is 18.8 Å². The molecule has 7 aromatic rings. The van der Waals surface area contributed by atoms with Crippen LogP contribution in [0.25, 0.3) is 0 Å². The fraction of sp³-hybridized carbons (Fsp3) is 0.632. The highest BCUT2D eigenvalue weighted by Gasteiger charge is 2.35. The maximum Gasteiger partial charge on any atom is 0.248 e. The minimum absolute atomic E-state index is 0.0315. The molecule has 4 fully saturated rings. The van der Waals surface area contributed by atoms with E-state index in [0.29, 0.717) is 50.1 Å². The summed E-state index contributed by atoms with van der Waals surface area (Å²) < 4.78 is 66.6. The third-order valence-electron chi connectivity index (χ3n) is 25.6. The summed E-state index contributed by atoms with van der Waals surface area (Å²) in [6, 6.07) is 54.1. The average molecular weight is 1840 g/mol. The Kier molecular flexibility index (Phi) is 59.1. The first-order valence-electron chi connectivity index (χ1n) is 51.5. The molecule has 4 saturated carbocycles. The van der Waals surface area contributed by atoms with Crippen LogP contribution in [0.2, 0.25) is 0 Å². The van der Waals surface area contributed by atoms with E-state index in [4.69, 9.17) is 33.2 Å². The number of benzene rings is 7. The van der Waals surface area contributed by atoms with Crippen molar-refractivity contribution in [3.05, 3.63) is 209 Å². The van der Waals surface area contributed by atoms with Crippen LogP contribution in [0.3, 0.4) is 0 Å². The third kappa shape index (κ3) is 46.9. The fourth-order valence-electron chi connectivity index (χ4n) is 16.8. The molecule has 0 aromatic heterocycles. The van der Waals surface area contributed by atoms with Crippen molar-refractivity contribution >= 4 is 0 Å². The van der Waals surface area contributed by atoms with Crippen molar-refractivity contribution in [1.82, 2.24) is 0 Å². The average Bonchev–Trinajstić information content (AvgIpc) is 0.980. The molecule has 0 bridgehead atoms. The van der Waals surface area contributed by atoms with E-state index < -0.39 is 29.8 Å². The number of aliphatic hydroxyl groups is 9. The summed E-state index contributed by atoms with van der Waals surface area (Å²) in [6.45, 7) is 29.7. The summed E-state index contributed by atoms with van der Waals surface area (Å²) >= 11 is 0. The lowest BCUT2D eigenvalue weighted by atomic mass is 9.86. The number of alkyl halides is 2. The van der Waals surface area contributed by atoms with Crippen molar-refractivity contribution in [2.45, 2.75) is 387 Å². The lowest BCUT2D eigenvalue weighted by Crippen LogP contribution is -2.35. The van der Waals surface area contributed by atoms with Crippen LogP contribution >= 0.6 is 0 Å². The standard InChI is InChI=1S/C18H30O3.C17H24F2O2.C17H26O3.C16H24O2.C16H26O2.C15H22O2.C15H24O2/c1-4-8-17(19)15-9-7-10-16(13-15)21-14-18(20,11-5-2)12-6-3;1-2-4-16(20)14-5-3-6-15(11-14)21-12-13-7-9-17(18,19)10-8-13;1-2-6-16(18)13-8-5-9-15(11-13)20-12-14-7-3-4-10-17(14)19;1-2-6-16(17)14-9-5-10-15(11-14)18-12-13-7-3-4-8-13;1-4-8-16(17)14-9-7-10-15(11-14)18-12-13(5-2)6-3;1-2-5-15(16)13-8-4-9-14(10-13)17-11-12-6-3-7-12;1-3-5-6-11-17-14-10-7-9-13(12-14)15(16)8-4-2/h7,9-10,13,17,19-20H,4-6,8,11-12,14H2,1-3H3;3,5-6,11,13,16,20H,2,4,7-10,12H2,1H3;5,8-9,11,14,16-19H,2-4,6-7,10,12H2,1H3;5,9-11,13,16-17H,2-4,6-8,12H2,1H3;7,9-11,13,16-17H,4-6,8,12H2,1-3H3;4,8-10,12,15-16H,2-3,5-7,11H2,1H3;7,9-10,12,15-16H,3-6,8,11H2,1-2H3/t;;14-,16-,17-;;;;/m..1..../s1. The van der Waals surface area contributed by atoms with Gasteiger partial charge in [-0.2, -0.15) is 0 Å². The molecule has 0 aliphatic heterocycles. The number of ether oxygens (including phenoxy) is 7. The number of aliphatic hydroxyl groups excluding tert-OH is 8. The Hall–Kier alpha value is -7.36.